The number of halogens is 2. The van der Waals surface area contributed by atoms with E-state index in [1.54, 1.807) is 17.2 Å². The number of benzene rings is 2. The molecule has 4 rings (SSSR count). The summed E-state index contributed by atoms with van der Waals surface area (Å²) in [6.07, 6.45) is 11.4. The van der Waals surface area contributed by atoms with Gasteiger partial charge in [-0.2, -0.15) is 0 Å². The summed E-state index contributed by atoms with van der Waals surface area (Å²) in [6, 6.07) is 12.9. The maximum atomic E-state index is 14.7. The number of allylic oxidation sites excluding steroid dienone is 2. The van der Waals surface area contributed by atoms with Gasteiger partial charge in [0.1, 0.15) is 0 Å². The summed E-state index contributed by atoms with van der Waals surface area (Å²) in [7, 11) is 0. The van der Waals surface area contributed by atoms with Crippen LogP contribution in [-0.4, -0.2) is 0 Å². The molecule has 2 saturated carbocycles. The van der Waals surface area contributed by atoms with Crippen LogP contribution in [-0.2, 0) is 12.8 Å². The van der Waals surface area contributed by atoms with E-state index in [9.17, 15) is 8.78 Å². The van der Waals surface area contributed by atoms with Crippen LogP contribution in [0.3, 0.4) is 0 Å². The fraction of sp³-hybridized carbons (Fsp3) is 0.517. The van der Waals surface area contributed by atoms with Crippen molar-refractivity contribution in [2.45, 2.75) is 96.3 Å². The zero-order valence-corrected chi connectivity index (χ0v) is 19.2. The molecule has 0 bridgehead atoms. The summed E-state index contributed by atoms with van der Waals surface area (Å²) < 4.78 is 29.1. The molecule has 0 unspecified atom stereocenters. The topological polar surface area (TPSA) is 0 Å². The maximum Gasteiger partial charge on any atom is 0.162 e. The molecule has 2 heteroatoms. The van der Waals surface area contributed by atoms with Gasteiger partial charge in [-0.25, -0.2) is 8.78 Å². The molecule has 0 spiro atoms. The third-order valence-corrected chi connectivity index (χ3v) is 7.69. The lowest BCUT2D eigenvalue weighted by molar-refractivity contribution is 0.443. The minimum absolute atomic E-state index is 0.156. The summed E-state index contributed by atoms with van der Waals surface area (Å²) in [5.74, 6) is -0.372. The van der Waals surface area contributed by atoms with Crippen molar-refractivity contribution in [3.63, 3.8) is 0 Å². The summed E-state index contributed by atoms with van der Waals surface area (Å²) in [4.78, 5) is 0. The summed E-state index contributed by atoms with van der Waals surface area (Å²) >= 11 is 0. The summed E-state index contributed by atoms with van der Waals surface area (Å²) in [5, 5.41) is 0. The van der Waals surface area contributed by atoms with Gasteiger partial charge in [0.05, 0.1) is 0 Å². The third kappa shape index (κ3) is 4.94. The van der Waals surface area contributed by atoms with Crippen molar-refractivity contribution in [3.05, 3.63) is 81.4 Å². The van der Waals surface area contributed by atoms with Gasteiger partial charge in [0.25, 0.3) is 0 Å². The molecule has 0 radical (unpaired) electrons. The van der Waals surface area contributed by atoms with E-state index in [2.05, 4.69) is 31.2 Å². The molecule has 0 heterocycles. The standard InChI is InChI=1S/C29H36F2/c1-3-5-26-18-19-27(29(31)28(26)30)25-16-14-24(15-17-25)23-12-10-22(11-13-23)21-8-6-20(4-2)7-9-21/h6-9,18-19,22,25H,3-5,10-17H2,1-2H3. The van der Waals surface area contributed by atoms with E-state index in [0.717, 1.165) is 38.5 Å². The van der Waals surface area contributed by atoms with Gasteiger partial charge in [0.2, 0.25) is 0 Å². The second kappa shape index (κ2) is 10.1. The Balaban J connectivity index is 1.36. The average molecular weight is 423 g/mol. The number of rotatable bonds is 5. The Kier molecular flexibility index (Phi) is 7.25. The van der Waals surface area contributed by atoms with Crippen molar-refractivity contribution in [2.24, 2.45) is 0 Å². The van der Waals surface area contributed by atoms with E-state index in [1.807, 2.05) is 13.0 Å². The zero-order chi connectivity index (χ0) is 21.8. The Labute approximate surface area is 186 Å². The molecule has 166 valence electrons. The predicted octanol–water partition coefficient (Wildman–Crippen LogP) is 8.79. The van der Waals surface area contributed by atoms with Gasteiger partial charge in [-0.3, -0.25) is 0 Å². The fourth-order valence-electron chi connectivity index (χ4n) is 5.69. The van der Waals surface area contributed by atoms with Crippen molar-refractivity contribution in [1.29, 1.82) is 0 Å². The molecule has 0 aliphatic heterocycles. The first-order valence-electron chi connectivity index (χ1n) is 12.4. The average Bonchev–Trinajstić information content (AvgIpc) is 2.83. The van der Waals surface area contributed by atoms with Crippen LogP contribution in [0.25, 0.3) is 0 Å². The second-order valence-corrected chi connectivity index (χ2v) is 9.54. The molecule has 31 heavy (non-hydrogen) atoms. The predicted molar refractivity (Wildman–Crippen MR) is 126 cm³/mol. The van der Waals surface area contributed by atoms with Crippen molar-refractivity contribution in [1.82, 2.24) is 0 Å². The minimum Gasteiger partial charge on any atom is -0.203 e. The number of aryl methyl sites for hydroxylation is 2. The normalized spacial score (nSPS) is 22.1. The molecule has 0 N–H and O–H groups in total. The molecule has 2 aliphatic rings. The minimum atomic E-state index is -0.617. The molecule has 2 fully saturated rings. The van der Waals surface area contributed by atoms with E-state index >= 15 is 0 Å². The van der Waals surface area contributed by atoms with Crippen LogP contribution < -0.4 is 0 Å². The van der Waals surface area contributed by atoms with Gasteiger partial charge >= 0.3 is 0 Å². The van der Waals surface area contributed by atoms with Crippen LogP contribution in [0.4, 0.5) is 8.78 Å². The van der Waals surface area contributed by atoms with Crippen LogP contribution in [0.15, 0.2) is 47.5 Å². The van der Waals surface area contributed by atoms with E-state index in [-0.39, 0.29) is 5.92 Å². The van der Waals surface area contributed by atoms with Crippen molar-refractivity contribution >= 4 is 0 Å². The Hall–Kier alpha value is -1.96. The van der Waals surface area contributed by atoms with Crippen LogP contribution in [0.2, 0.25) is 0 Å². The molecule has 2 aromatic rings. The Morgan fingerprint density at radius 1 is 0.710 bits per heavy atom. The molecular formula is C29H36F2. The molecule has 0 aromatic heterocycles. The highest BCUT2D eigenvalue weighted by molar-refractivity contribution is 5.32. The fourth-order valence-corrected chi connectivity index (χ4v) is 5.69. The van der Waals surface area contributed by atoms with Crippen LogP contribution in [0.1, 0.15) is 106 Å². The van der Waals surface area contributed by atoms with Gasteiger partial charge < -0.3 is 0 Å². The van der Waals surface area contributed by atoms with E-state index in [0.29, 0.717) is 23.5 Å². The van der Waals surface area contributed by atoms with Gasteiger partial charge in [-0.1, -0.05) is 67.8 Å². The monoisotopic (exact) mass is 422 g/mol. The van der Waals surface area contributed by atoms with Gasteiger partial charge in [0, 0.05) is 0 Å². The van der Waals surface area contributed by atoms with Crippen molar-refractivity contribution < 1.29 is 8.78 Å². The van der Waals surface area contributed by atoms with Crippen molar-refractivity contribution in [2.75, 3.05) is 0 Å². The maximum absolute atomic E-state index is 14.7. The van der Waals surface area contributed by atoms with E-state index in [1.165, 1.54) is 36.8 Å². The quantitative estimate of drug-likeness (QED) is 0.422. The molecule has 0 nitrogen and oxygen atoms in total. The summed E-state index contributed by atoms with van der Waals surface area (Å²) in [5.41, 5.74) is 7.29. The molecule has 0 atom stereocenters. The lowest BCUT2D eigenvalue weighted by Crippen LogP contribution is -2.14. The lowest BCUT2D eigenvalue weighted by atomic mass is 9.75. The first-order valence-corrected chi connectivity index (χ1v) is 12.4. The SMILES string of the molecule is CCCc1ccc(C2CCC(=C3CCC(c4ccc(CC)cc4)CC3)CC2)c(F)c1F. The third-order valence-electron chi connectivity index (χ3n) is 7.69. The van der Waals surface area contributed by atoms with Crippen LogP contribution in [0.5, 0.6) is 0 Å². The van der Waals surface area contributed by atoms with E-state index < -0.39 is 11.6 Å². The molecular weight excluding hydrogens is 386 g/mol. The highest BCUT2D eigenvalue weighted by atomic mass is 19.2. The Bertz CT molecular complexity index is 902. The Morgan fingerprint density at radius 2 is 1.29 bits per heavy atom. The van der Waals surface area contributed by atoms with Gasteiger partial charge in [0.15, 0.2) is 11.6 Å². The smallest absolute Gasteiger partial charge is 0.162 e. The molecule has 2 aliphatic carbocycles. The number of hydrogen-bond donors (Lipinski definition) is 0. The Morgan fingerprint density at radius 3 is 1.84 bits per heavy atom. The van der Waals surface area contributed by atoms with Crippen LogP contribution >= 0.6 is 0 Å². The largest absolute Gasteiger partial charge is 0.203 e. The first kappa shape index (κ1) is 22.2. The molecule has 0 saturated heterocycles. The van der Waals surface area contributed by atoms with E-state index in [4.69, 9.17) is 0 Å². The van der Waals surface area contributed by atoms with Crippen molar-refractivity contribution in [3.8, 4) is 0 Å². The van der Waals surface area contributed by atoms with Gasteiger partial charge in [-0.05, 0) is 98.3 Å². The second-order valence-electron chi connectivity index (χ2n) is 9.54. The highest BCUT2D eigenvalue weighted by Gasteiger charge is 2.26. The lowest BCUT2D eigenvalue weighted by Gasteiger charge is -2.31. The first-order chi connectivity index (χ1) is 15.1. The molecule has 0 amide bonds. The highest BCUT2D eigenvalue weighted by Crippen LogP contribution is 2.43. The molecule has 2 aromatic carbocycles. The van der Waals surface area contributed by atoms with Crippen LogP contribution in [0, 0.1) is 11.6 Å². The summed E-state index contributed by atoms with van der Waals surface area (Å²) in [6.45, 7) is 4.20. The van der Waals surface area contributed by atoms with Gasteiger partial charge in [-0.15, -0.1) is 0 Å². The number of hydrogen-bond acceptors (Lipinski definition) is 0. The zero-order valence-electron chi connectivity index (χ0n) is 19.2.